The van der Waals surface area contributed by atoms with E-state index in [9.17, 15) is 13.2 Å². The third-order valence-corrected chi connectivity index (χ3v) is 7.66. The number of nitrogens with zero attached hydrogens (tertiary/aromatic N) is 3. The van der Waals surface area contributed by atoms with Crippen LogP contribution in [0.1, 0.15) is 5.56 Å². The van der Waals surface area contributed by atoms with Gasteiger partial charge in [0, 0.05) is 21.2 Å². The molecule has 0 saturated carbocycles. The molecule has 1 aromatic heterocycles. The number of aromatic amines is 1. The zero-order valence-electron chi connectivity index (χ0n) is 17.9. The van der Waals surface area contributed by atoms with Gasteiger partial charge in [0.2, 0.25) is 0 Å². The summed E-state index contributed by atoms with van der Waals surface area (Å²) >= 11 is 12.0. The smallest absolute Gasteiger partial charge is 0.265 e. The topological polar surface area (TPSA) is 108 Å². The van der Waals surface area contributed by atoms with Crippen molar-refractivity contribution >= 4 is 51.0 Å². The Labute approximate surface area is 211 Å². The van der Waals surface area contributed by atoms with Crippen molar-refractivity contribution in [2.75, 3.05) is 10.8 Å². The summed E-state index contributed by atoms with van der Waals surface area (Å²) in [5.74, 6) is -0.623. The molecule has 1 aliphatic heterocycles. The van der Waals surface area contributed by atoms with Crippen LogP contribution < -0.4 is 9.73 Å². The molecule has 8 nitrogen and oxygen atoms in total. The van der Waals surface area contributed by atoms with Crippen LogP contribution in [0.3, 0.4) is 0 Å². The maximum atomic E-state index is 13.6. The van der Waals surface area contributed by atoms with E-state index in [2.05, 4.69) is 20.7 Å². The summed E-state index contributed by atoms with van der Waals surface area (Å²) in [6.45, 7) is -0.505. The maximum absolute atomic E-state index is 13.6. The number of benzene rings is 3. The van der Waals surface area contributed by atoms with Crippen molar-refractivity contribution in [1.29, 1.82) is 0 Å². The molecule has 0 unspecified atom stereocenters. The summed E-state index contributed by atoms with van der Waals surface area (Å²) < 4.78 is 28.2. The van der Waals surface area contributed by atoms with E-state index in [-0.39, 0.29) is 10.6 Å². The van der Waals surface area contributed by atoms with Crippen LogP contribution in [0, 0.1) is 0 Å². The zero-order chi connectivity index (χ0) is 24.6. The SMILES string of the molecule is O=C(CN1c2c(-c3cccc(Cl)c3)n[nH]c2-c2ccccc2S1(=O)=O)N/N=C/c1ccc(Cl)cc1. The Bertz CT molecular complexity index is 1570. The normalized spacial score (nSPS) is 13.9. The molecule has 0 spiro atoms. The van der Waals surface area contributed by atoms with Crippen molar-refractivity contribution in [3.8, 4) is 22.5 Å². The zero-order valence-corrected chi connectivity index (χ0v) is 20.3. The molecule has 1 aliphatic rings. The first-order valence-corrected chi connectivity index (χ1v) is 12.6. The number of hydrogen-bond donors (Lipinski definition) is 2. The second-order valence-electron chi connectivity index (χ2n) is 7.66. The molecule has 0 radical (unpaired) electrons. The molecule has 0 aliphatic carbocycles. The minimum absolute atomic E-state index is 0.0752. The van der Waals surface area contributed by atoms with Gasteiger partial charge in [-0.2, -0.15) is 10.2 Å². The van der Waals surface area contributed by atoms with E-state index in [4.69, 9.17) is 23.2 Å². The molecule has 5 rings (SSSR count). The number of fused-ring (bicyclic) bond motifs is 3. The highest BCUT2D eigenvalue weighted by Crippen LogP contribution is 2.46. The lowest BCUT2D eigenvalue weighted by Crippen LogP contribution is -2.41. The number of sulfonamides is 1. The molecule has 0 bridgehead atoms. The van der Waals surface area contributed by atoms with Crippen LogP contribution in [-0.2, 0) is 14.8 Å². The largest absolute Gasteiger partial charge is 0.275 e. The van der Waals surface area contributed by atoms with Crippen LogP contribution in [0.5, 0.6) is 0 Å². The predicted octanol–water partition coefficient (Wildman–Crippen LogP) is 4.71. The Balaban J connectivity index is 1.51. The van der Waals surface area contributed by atoms with Crippen molar-refractivity contribution in [2.24, 2.45) is 5.10 Å². The molecular formula is C24H17Cl2N5O3S. The van der Waals surface area contributed by atoms with Gasteiger partial charge in [0.25, 0.3) is 15.9 Å². The summed E-state index contributed by atoms with van der Waals surface area (Å²) in [5.41, 5.74) is 5.30. The molecule has 2 N–H and O–H groups in total. The van der Waals surface area contributed by atoms with Gasteiger partial charge in [0.05, 0.1) is 16.8 Å². The maximum Gasteiger partial charge on any atom is 0.265 e. The molecular weight excluding hydrogens is 509 g/mol. The van der Waals surface area contributed by atoms with Crippen LogP contribution >= 0.6 is 23.2 Å². The molecule has 4 aromatic rings. The number of amides is 1. The molecule has 0 atom stereocenters. The minimum atomic E-state index is -4.07. The van der Waals surface area contributed by atoms with Gasteiger partial charge >= 0.3 is 0 Å². The highest BCUT2D eigenvalue weighted by atomic mass is 35.5. The monoisotopic (exact) mass is 525 g/mol. The summed E-state index contributed by atoms with van der Waals surface area (Å²) in [6.07, 6.45) is 1.44. The Morgan fingerprint density at radius 2 is 1.80 bits per heavy atom. The van der Waals surface area contributed by atoms with Gasteiger partial charge in [-0.05, 0) is 35.9 Å². The van der Waals surface area contributed by atoms with Crippen LogP contribution in [0.25, 0.3) is 22.5 Å². The standard InChI is InChI=1S/C24H17Cl2N5O3S/c25-17-10-8-15(9-11-17)13-27-28-21(32)14-31-24-22(16-4-3-5-18(26)12-16)29-30-23(24)19-6-1-2-7-20(19)35(31,33)34/h1-13H,14H2,(H,28,32)(H,29,30)/b27-13+. The number of carbonyl (C=O) groups is 1. The molecule has 35 heavy (non-hydrogen) atoms. The number of carbonyl (C=O) groups excluding carboxylic acids is 1. The quantitative estimate of drug-likeness (QED) is 0.290. The van der Waals surface area contributed by atoms with Gasteiger partial charge in [-0.25, -0.2) is 13.8 Å². The highest BCUT2D eigenvalue weighted by Gasteiger charge is 2.39. The fourth-order valence-corrected chi connectivity index (χ4v) is 5.76. The van der Waals surface area contributed by atoms with Gasteiger partial charge < -0.3 is 0 Å². The Morgan fingerprint density at radius 1 is 1.03 bits per heavy atom. The van der Waals surface area contributed by atoms with E-state index in [1.54, 1.807) is 66.7 Å². The van der Waals surface area contributed by atoms with Gasteiger partial charge in [-0.15, -0.1) is 0 Å². The van der Waals surface area contributed by atoms with Gasteiger partial charge in [-0.3, -0.25) is 14.2 Å². The number of nitrogens with one attached hydrogen (secondary N) is 2. The number of rotatable bonds is 5. The van der Waals surface area contributed by atoms with Crippen molar-refractivity contribution in [1.82, 2.24) is 15.6 Å². The van der Waals surface area contributed by atoms with E-state index >= 15 is 0 Å². The number of hydrazone groups is 1. The molecule has 0 fully saturated rings. The molecule has 2 heterocycles. The van der Waals surface area contributed by atoms with E-state index in [0.717, 1.165) is 9.87 Å². The van der Waals surface area contributed by atoms with Gasteiger partial charge in [-0.1, -0.05) is 65.7 Å². The molecule has 1 amide bonds. The van der Waals surface area contributed by atoms with Crippen molar-refractivity contribution in [3.63, 3.8) is 0 Å². The van der Waals surface area contributed by atoms with E-state index in [1.807, 2.05) is 0 Å². The summed E-state index contributed by atoms with van der Waals surface area (Å²) in [7, 11) is -4.07. The summed E-state index contributed by atoms with van der Waals surface area (Å²) in [4.78, 5) is 12.9. The number of aromatic nitrogens is 2. The first-order valence-electron chi connectivity index (χ1n) is 10.4. The van der Waals surface area contributed by atoms with E-state index < -0.39 is 22.5 Å². The Kier molecular flexibility index (Phi) is 6.06. The number of H-pyrrole nitrogens is 1. The lowest BCUT2D eigenvalue weighted by molar-refractivity contribution is -0.119. The lowest BCUT2D eigenvalue weighted by atomic mass is 10.1. The first kappa shape index (κ1) is 23.1. The van der Waals surface area contributed by atoms with Crippen LogP contribution in [0.15, 0.2) is 82.8 Å². The highest BCUT2D eigenvalue weighted by molar-refractivity contribution is 7.93. The van der Waals surface area contributed by atoms with Gasteiger partial charge in [0.1, 0.15) is 17.9 Å². The average molecular weight is 526 g/mol. The third kappa shape index (κ3) is 4.41. The van der Waals surface area contributed by atoms with E-state index in [0.29, 0.717) is 32.6 Å². The molecule has 0 saturated heterocycles. The van der Waals surface area contributed by atoms with Crippen molar-refractivity contribution in [2.45, 2.75) is 4.90 Å². The number of hydrogen-bond acceptors (Lipinski definition) is 5. The molecule has 11 heteroatoms. The van der Waals surface area contributed by atoms with Crippen LogP contribution in [-0.4, -0.2) is 37.3 Å². The van der Waals surface area contributed by atoms with E-state index in [1.165, 1.54) is 12.3 Å². The summed E-state index contributed by atoms with van der Waals surface area (Å²) in [6, 6.07) is 20.3. The van der Waals surface area contributed by atoms with Gasteiger partial charge in [0.15, 0.2) is 0 Å². The van der Waals surface area contributed by atoms with Crippen molar-refractivity contribution < 1.29 is 13.2 Å². The number of halogens is 2. The lowest BCUT2D eigenvalue weighted by Gasteiger charge is -2.29. The summed E-state index contributed by atoms with van der Waals surface area (Å²) in [5, 5.41) is 12.3. The fraction of sp³-hybridized carbons (Fsp3) is 0.0417. The first-order chi connectivity index (χ1) is 16.8. The fourth-order valence-electron chi connectivity index (χ4n) is 3.80. The van der Waals surface area contributed by atoms with Crippen LogP contribution in [0.2, 0.25) is 10.0 Å². The second-order valence-corrected chi connectivity index (χ2v) is 10.4. The Hall–Kier alpha value is -3.66. The predicted molar refractivity (Wildman–Crippen MR) is 136 cm³/mol. The minimum Gasteiger partial charge on any atom is -0.275 e. The second kappa shape index (κ2) is 9.18. The van der Waals surface area contributed by atoms with Crippen LogP contribution in [0.4, 0.5) is 5.69 Å². The average Bonchev–Trinajstić information content (AvgIpc) is 3.28. The molecule has 176 valence electrons. The Morgan fingerprint density at radius 3 is 2.57 bits per heavy atom. The third-order valence-electron chi connectivity index (χ3n) is 5.37. The molecule has 3 aromatic carbocycles. The number of anilines is 1. The van der Waals surface area contributed by atoms with Crippen molar-refractivity contribution in [3.05, 3.63) is 88.4 Å².